The Bertz CT molecular complexity index is 577. The van der Waals surface area contributed by atoms with E-state index in [4.69, 9.17) is 23.7 Å². The third kappa shape index (κ3) is 6.55. The van der Waals surface area contributed by atoms with Crippen LogP contribution in [0.15, 0.2) is 12.2 Å². The van der Waals surface area contributed by atoms with Crippen LogP contribution in [0.2, 0.25) is 0 Å². The predicted molar refractivity (Wildman–Crippen MR) is 123 cm³/mol. The van der Waals surface area contributed by atoms with Gasteiger partial charge in [0.25, 0.3) is 0 Å². The summed E-state index contributed by atoms with van der Waals surface area (Å²) in [7, 11) is 0. The quantitative estimate of drug-likeness (QED) is 0.208. The van der Waals surface area contributed by atoms with Gasteiger partial charge < -0.3 is 23.7 Å². The van der Waals surface area contributed by atoms with E-state index < -0.39 is 11.6 Å². The van der Waals surface area contributed by atoms with E-state index in [1.807, 2.05) is 6.92 Å². The number of carbonyl (C=O) groups excluding carboxylic acids is 1. The van der Waals surface area contributed by atoms with Gasteiger partial charge in [-0.25, -0.2) is 0 Å². The maximum Gasteiger partial charge on any atom is 0.305 e. The third-order valence-electron chi connectivity index (χ3n) is 7.15. The number of unbranched alkanes of at least 4 members (excludes halogenated alkanes) is 4. The molecule has 2 aliphatic heterocycles. The molecule has 0 spiro atoms. The van der Waals surface area contributed by atoms with E-state index in [2.05, 4.69) is 19.1 Å². The monoisotopic (exact) mass is 452 g/mol. The van der Waals surface area contributed by atoms with Crippen LogP contribution < -0.4 is 0 Å². The molecule has 0 unspecified atom stereocenters. The normalized spacial score (nSPS) is 32.8. The Morgan fingerprint density at radius 3 is 2.38 bits per heavy atom. The zero-order valence-electron chi connectivity index (χ0n) is 20.3. The van der Waals surface area contributed by atoms with Gasteiger partial charge in [-0.05, 0) is 56.9 Å². The molecule has 184 valence electrons. The Kier molecular flexibility index (Phi) is 10.5. The molecule has 0 radical (unpaired) electrons. The van der Waals surface area contributed by atoms with Crippen molar-refractivity contribution in [2.75, 3.05) is 33.0 Å². The lowest BCUT2D eigenvalue weighted by molar-refractivity contribution is -0.448. The Hall–Kier alpha value is -0.950. The van der Waals surface area contributed by atoms with Crippen LogP contribution >= 0.6 is 0 Å². The molecule has 32 heavy (non-hydrogen) atoms. The van der Waals surface area contributed by atoms with Gasteiger partial charge in [0.05, 0.1) is 33.0 Å². The van der Waals surface area contributed by atoms with E-state index in [-0.39, 0.29) is 5.97 Å². The summed E-state index contributed by atoms with van der Waals surface area (Å²) in [5, 5.41) is 0. The minimum atomic E-state index is -0.918. The SMILES string of the molecule is CCCCC12OCCOC1(C=C[C@H]1CCC[C@@H]1CCCCCCC(=O)OCC)OCCO2. The van der Waals surface area contributed by atoms with Crippen molar-refractivity contribution in [2.24, 2.45) is 11.8 Å². The molecule has 3 aliphatic rings. The second-order valence-electron chi connectivity index (χ2n) is 9.39. The Balaban J connectivity index is 1.50. The summed E-state index contributed by atoms with van der Waals surface area (Å²) < 4.78 is 29.9. The lowest BCUT2D eigenvalue weighted by atomic mass is 9.88. The van der Waals surface area contributed by atoms with Crippen LogP contribution in [0.5, 0.6) is 0 Å². The van der Waals surface area contributed by atoms with Crippen LogP contribution in [0.1, 0.15) is 90.9 Å². The summed E-state index contributed by atoms with van der Waals surface area (Å²) in [4.78, 5) is 11.4. The van der Waals surface area contributed by atoms with Crippen molar-refractivity contribution in [3.8, 4) is 0 Å². The molecule has 0 N–H and O–H groups in total. The summed E-state index contributed by atoms with van der Waals surface area (Å²) in [5.74, 6) is -0.525. The first-order valence-electron chi connectivity index (χ1n) is 13.1. The van der Waals surface area contributed by atoms with Crippen LogP contribution in [-0.2, 0) is 28.5 Å². The second kappa shape index (κ2) is 13.1. The molecule has 0 aromatic carbocycles. The molecule has 0 aromatic heterocycles. The fourth-order valence-electron chi connectivity index (χ4n) is 5.45. The average Bonchev–Trinajstić information content (AvgIpc) is 3.26. The van der Waals surface area contributed by atoms with Gasteiger partial charge in [0.2, 0.25) is 11.6 Å². The van der Waals surface area contributed by atoms with Gasteiger partial charge >= 0.3 is 5.97 Å². The molecule has 1 aliphatic carbocycles. The smallest absolute Gasteiger partial charge is 0.305 e. The van der Waals surface area contributed by atoms with Gasteiger partial charge in [0.1, 0.15) is 0 Å². The van der Waals surface area contributed by atoms with Gasteiger partial charge in [-0.1, -0.05) is 45.1 Å². The standard InChI is InChI=1S/C26H44O6/c1-3-5-16-25-26(31-20-18-29-25,32-21-19-30-25)17-15-23-13-10-12-22(23)11-8-6-7-9-14-24(27)28-4-2/h15,17,22-23H,3-14,16,18-21H2,1-2H3/t22-,23+,25?,26?/m0/s1. The van der Waals surface area contributed by atoms with Gasteiger partial charge in [-0.2, -0.15) is 0 Å². The number of carbonyl (C=O) groups is 1. The number of hydrogen-bond donors (Lipinski definition) is 0. The molecular weight excluding hydrogens is 408 g/mol. The lowest BCUT2D eigenvalue weighted by Crippen LogP contribution is -2.66. The van der Waals surface area contributed by atoms with Crippen molar-refractivity contribution >= 4 is 5.97 Å². The van der Waals surface area contributed by atoms with E-state index in [1.165, 1.54) is 38.5 Å². The lowest BCUT2D eigenvalue weighted by Gasteiger charge is -2.52. The molecule has 2 heterocycles. The van der Waals surface area contributed by atoms with Gasteiger partial charge in [-0.15, -0.1) is 0 Å². The highest BCUT2D eigenvalue weighted by atomic mass is 16.8. The zero-order chi connectivity index (χ0) is 22.7. The fraction of sp³-hybridized carbons (Fsp3) is 0.885. The molecule has 1 saturated carbocycles. The fourth-order valence-corrected chi connectivity index (χ4v) is 5.45. The highest BCUT2D eigenvalue weighted by Crippen LogP contribution is 2.44. The van der Waals surface area contributed by atoms with Gasteiger partial charge in [-0.3, -0.25) is 4.79 Å². The number of hydrogen-bond acceptors (Lipinski definition) is 6. The first-order valence-corrected chi connectivity index (χ1v) is 13.1. The van der Waals surface area contributed by atoms with Crippen molar-refractivity contribution in [3.63, 3.8) is 0 Å². The molecule has 0 aromatic rings. The first-order chi connectivity index (χ1) is 15.6. The summed E-state index contributed by atoms with van der Waals surface area (Å²) >= 11 is 0. The van der Waals surface area contributed by atoms with Gasteiger partial charge in [0.15, 0.2) is 0 Å². The average molecular weight is 453 g/mol. The molecule has 6 nitrogen and oxygen atoms in total. The second-order valence-corrected chi connectivity index (χ2v) is 9.39. The van der Waals surface area contributed by atoms with Crippen molar-refractivity contribution in [2.45, 2.75) is 102 Å². The van der Waals surface area contributed by atoms with E-state index in [1.54, 1.807) is 0 Å². The summed E-state index contributed by atoms with van der Waals surface area (Å²) in [5.41, 5.74) is 0. The summed E-state index contributed by atoms with van der Waals surface area (Å²) in [6.07, 6.45) is 17.4. The zero-order valence-corrected chi connectivity index (χ0v) is 20.3. The number of esters is 1. The number of ether oxygens (including phenoxy) is 5. The Morgan fingerprint density at radius 2 is 1.66 bits per heavy atom. The molecule has 2 saturated heterocycles. The minimum Gasteiger partial charge on any atom is -0.466 e. The maximum atomic E-state index is 11.4. The number of fused-ring (bicyclic) bond motifs is 1. The molecule has 3 fully saturated rings. The van der Waals surface area contributed by atoms with Crippen molar-refractivity contribution in [1.29, 1.82) is 0 Å². The first kappa shape index (κ1) is 25.7. The van der Waals surface area contributed by atoms with Crippen LogP contribution in [0.25, 0.3) is 0 Å². The molecular formula is C26H44O6. The highest BCUT2D eigenvalue weighted by molar-refractivity contribution is 5.69. The third-order valence-corrected chi connectivity index (χ3v) is 7.15. The molecule has 6 heteroatoms. The topological polar surface area (TPSA) is 63.2 Å². The molecule has 2 atom stereocenters. The largest absolute Gasteiger partial charge is 0.466 e. The Labute approximate surface area is 194 Å². The van der Waals surface area contributed by atoms with E-state index in [0.29, 0.717) is 51.3 Å². The van der Waals surface area contributed by atoms with Crippen LogP contribution in [-0.4, -0.2) is 50.6 Å². The van der Waals surface area contributed by atoms with Crippen LogP contribution in [0.4, 0.5) is 0 Å². The van der Waals surface area contributed by atoms with Gasteiger partial charge in [0, 0.05) is 12.8 Å². The van der Waals surface area contributed by atoms with Crippen molar-refractivity contribution < 1.29 is 28.5 Å². The Morgan fingerprint density at radius 1 is 0.938 bits per heavy atom. The minimum absolute atomic E-state index is 0.0642. The van der Waals surface area contributed by atoms with E-state index >= 15 is 0 Å². The molecule has 3 rings (SSSR count). The predicted octanol–water partition coefficient (Wildman–Crippen LogP) is 5.54. The number of rotatable bonds is 13. The van der Waals surface area contributed by atoms with Crippen LogP contribution in [0.3, 0.4) is 0 Å². The van der Waals surface area contributed by atoms with Crippen LogP contribution in [0, 0.1) is 11.8 Å². The summed E-state index contributed by atoms with van der Waals surface area (Å²) in [6, 6.07) is 0. The van der Waals surface area contributed by atoms with Crippen molar-refractivity contribution in [3.05, 3.63) is 12.2 Å². The number of allylic oxidation sites excluding steroid dienone is 1. The maximum absolute atomic E-state index is 11.4. The summed E-state index contributed by atoms with van der Waals surface area (Å²) in [6.45, 7) is 6.67. The highest BCUT2D eigenvalue weighted by Gasteiger charge is 2.58. The molecule has 0 amide bonds. The van der Waals surface area contributed by atoms with E-state index in [0.717, 1.165) is 32.1 Å². The molecule has 0 bridgehead atoms. The van der Waals surface area contributed by atoms with Crippen molar-refractivity contribution in [1.82, 2.24) is 0 Å². The van der Waals surface area contributed by atoms with E-state index in [9.17, 15) is 4.79 Å².